The summed E-state index contributed by atoms with van der Waals surface area (Å²) in [7, 11) is 2.14. The Morgan fingerprint density at radius 1 is 1.16 bits per heavy atom. The van der Waals surface area contributed by atoms with Gasteiger partial charge in [-0.25, -0.2) is 4.98 Å². The molecular formula is C25H26F3N7O2. The fourth-order valence-corrected chi connectivity index (χ4v) is 4.31. The lowest BCUT2D eigenvalue weighted by molar-refractivity contribution is -0.274. The SMILES string of the molecule is Cc1cc(-c2nc(-c3ccc(OC(F)(F)F)cc3)no2)nn1Cc1ccnc(NCC2CCN(C)C2)c1. The molecule has 1 unspecified atom stereocenters. The number of benzene rings is 1. The molecule has 0 amide bonds. The average Bonchev–Trinajstić information content (AvgIpc) is 3.58. The minimum atomic E-state index is -4.75. The molecule has 0 saturated carbocycles. The summed E-state index contributed by atoms with van der Waals surface area (Å²) in [5.74, 6) is 1.59. The minimum absolute atomic E-state index is 0.214. The van der Waals surface area contributed by atoms with Gasteiger partial charge in [0.05, 0.1) is 6.54 Å². The molecule has 1 N–H and O–H groups in total. The number of likely N-dealkylation sites (tertiary alicyclic amines) is 1. The second-order valence-electron chi connectivity index (χ2n) is 9.17. The van der Waals surface area contributed by atoms with Crippen LogP contribution < -0.4 is 10.1 Å². The number of alkyl halides is 3. The summed E-state index contributed by atoms with van der Waals surface area (Å²) in [6, 6.07) is 11.1. The number of nitrogens with zero attached hydrogens (tertiary/aromatic N) is 6. The van der Waals surface area contributed by atoms with Crippen LogP contribution >= 0.6 is 0 Å². The Kier molecular flexibility index (Phi) is 6.83. The first kappa shape index (κ1) is 24.8. The van der Waals surface area contributed by atoms with E-state index in [1.54, 1.807) is 6.20 Å². The van der Waals surface area contributed by atoms with Crippen molar-refractivity contribution in [2.75, 3.05) is 32.0 Å². The summed E-state index contributed by atoms with van der Waals surface area (Å²) in [5, 5.41) is 12.0. The van der Waals surface area contributed by atoms with E-state index in [-0.39, 0.29) is 17.5 Å². The van der Waals surface area contributed by atoms with Gasteiger partial charge in [0.1, 0.15) is 11.6 Å². The van der Waals surface area contributed by atoms with Gasteiger partial charge in [0, 0.05) is 30.5 Å². The summed E-state index contributed by atoms with van der Waals surface area (Å²) in [6.07, 6.45) is -1.78. The number of rotatable bonds is 8. The molecule has 5 rings (SSSR count). The van der Waals surface area contributed by atoms with Crippen LogP contribution in [-0.4, -0.2) is 62.8 Å². The molecule has 1 aliphatic rings. The number of pyridine rings is 1. The van der Waals surface area contributed by atoms with Crippen molar-refractivity contribution in [3.63, 3.8) is 0 Å². The van der Waals surface area contributed by atoms with Crippen molar-refractivity contribution in [2.45, 2.75) is 26.3 Å². The average molecular weight is 514 g/mol. The zero-order valence-corrected chi connectivity index (χ0v) is 20.4. The third-order valence-corrected chi connectivity index (χ3v) is 6.19. The number of ether oxygens (including phenoxy) is 1. The van der Waals surface area contributed by atoms with Gasteiger partial charge in [-0.3, -0.25) is 4.68 Å². The molecule has 37 heavy (non-hydrogen) atoms. The summed E-state index contributed by atoms with van der Waals surface area (Å²) in [4.78, 5) is 11.1. The maximum Gasteiger partial charge on any atom is 0.573 e. The molecule has 0 bridgehead atoms. The van der Waals surface area contributed by atoms with E-state index < -0.39 is 6.36 Å². The van der Waals surface area contributed by atoms with Crippen molar-refractivity contribution in [3.8, 4) is 28.7 Å². The van der Waals surface area contributed by atoms with Crippen molar-refractivity contribution < 1.29 is 22.4 Å². The van der Waals surface area contributed by atoms with Gasteiger partial charge >= 0.3 is 6.36 Å². The van der Waals surface area contributed by atoms with Gasteiger partial charge in [0.15, 0.2) is 5.69 Å². The number of aromatic nitrogens is 5. The van der Waals surface area contributed by atoms with E-state index in [0.29, 0.717) is 23.7 Å². The Morgan fingerprint density at radius 3 is 2.70 bits per heavy atom. The molecule has 4 heterocycles. The fourth-order valence-electron chi connectivity index (χ4n) is 4.31. The Hall–Kier alpha value is -3.93. The highest BCUT2D eigenvalue weighted by atomic mass is 19.4. The first-order valence-corrected chi connectivity index (χ1v) is 11.8. The standard InChI is InChI=1S/C25H26F3N7O2/c1-16-11-21(24-31-23(33-37-24)19-3-5-20(6-4-19)36-25(26,27)28)32-35(16)15-17-7-9-29-22(12-17)30-13-18-8-10-34(2)14-18/h3-7,9,11-12,18H,8,10,13-15H2,1-2H3,(H,29,30). The van der Waals surface area contributed by atoms with E-state index >= 15 is 0 Å². The summed E-state index contributed by atoms with van der Waals surface area (Å²) in [5.41, 5.74) is 2.95. The van der Waals surface area contributed by atoms with E-state index in [1.165, 1.54) is 30.7 Å². The number of aryl methyl sites for hydroxylation is 1. The van der Waals surface area contributed by atoms with Crippen LogP contribution in [0.4, 0.5) is 19.0 Å². The van der Waals surface area contributed by atoms with Gasteiger partial charge in [-0.15, -0.1) is 13.2 Å². The maximum absolute atomic E-state index is 12.4. The first-order valence-electron chi connectivity index (χ1n) is 11.8. The molecule has 1 fully saturated rings. The van der Waals surface area contributed by atoms with E-state index in [0.717, 1.165) is 36.7 Å². The third-order valence-electron chi connectivity index (χ3n) is 6.19. The van der Waals surface area contributed by atoms with Crippen LogP contribution in [-0.2, 0) is 6.54 Å². The normalized spacial score (nSPS) is 16.3. The summed E-state index contributed by atoms with van der Waals surface area (Å²) < 4.78 is 48.2. The molecular weight excluding hydrogens is 487 g/mol. The largest absolute Gasteiger partial charge is 0.573 e. The van der Waals surface area contributed by atoms with Gasteiger partial charge in [0.2, 0.25) is 5.82 Å². The molecule has 12 heteroatoms. The molecule has 0 spiro atoms. The zero-order valence-electron chi connectivity index (χ0n) is 20.4. The summed E-state index contributed by atoms with van der Waals surface area (Å²) in [6.45, 7) is 5.59. The minimum Gasteiger partial charge on any atom is -0.406 e. The van der Waals surface area contributed by atoms with Crippen molar-refractivity contribution in [1.82, 2.24) is 29.8 Å². The Morgan fingerprint density at radius 2 is 1.97 bits per heavy atom. The van der Waals surface area contributed by atoms with E-state index in [9.17, 15) is 13.2 Å². The second-order valence-corrected chi connectivity index (χ2v) is 9.17. The molecule has 3 aromatic heterocycles. The lowest BCUT2D eigenvalue weighted by Gasteiger charge is -2.13. The van der Waals surface area contributed by atoms with Crippen molar-refractivity contribution in [2.24, 2.45) is 5.92 Å². The Labute approximate surface area is 211 Å². The lowest BCUT2D eigenvalue weighted by atomic mass is 10.1. The molecule has 1 saturated heterocycles. The fraction of sp³-hybridized carbons (Fsp3) is 0.360. The number of hydrogen-bond acceptors (Lipinski definition) is 8. The Bertz CT molecular complexity index is 1350. The molecule has 194 valence electrons. The maximum atomic E-state index is 12.4. The topological polar surface area (TPSA) is 94.1 Å². The van der Waals surface area contributed by atoms with E-state index in [2.05, 4.69) is 42.2 Å². The number of anilines is 1. The number of nitrogens with one attached hydrogen (secondary N) is 1. The van der Waals surface area contributed by atoms with Gasteiger partial charge in [-0.2, -0.15) is 10.1 Å². The van der Waals surface area contributed by atoms with Gasteiger partial charge < -0.3 is 19.5 Å². The van der Waals surface area contributed by atoms with Gasteiger partial charge in [0.25, 0.3) is 5.89 Å². The predicted molar refractivity (Wildman–Crippen MR) is 130 cm³/mol. The van der Waals surface area contributed by atoms with E-state index in [1.807, 2.05) is 29.8 Å². The molecule has 1 aliphatic heterocycles. The van der Waals surface area contributed by atoms with Crippen LogP contribution in [0.15, 0.2) is 53.2 Å². The Balaban J connectivity index is 1.24. The van der Waals surface area contributed by atoms with Crippen LogP contribution in [0.2, 0.25) is 0 Å². The smallest absolute Gasteiger partial charge is 0.406 e. The van der Waals surface area contributed by atoms with Gasteiger partial charge in [-0.1, -0.05) is 5.16 Å². The molecule has 1 aromatic carbocycles. The molecule has 0 aliphatic carbocycles. The highest BCUT2D eigenvalue weighted by Crippen LogP contribution is 2.27. The quantitative estimate of drug-likeness (QED) is 0.365. The second kappa shape index (κ2) is 10.2. The predicted octanol–water partition coefficient (Wildman–Crippen LogP) is 4.61. The highest BCUT2D eigenvalue weighted by Gasteiger charge is 2.31. The van der Waals surface area contributed by atoms with Crippen LogP contribution in [0.1, 0.15) is 17.7 Å². The molecule has 4 aromatic rings. The molecule has 9 nitrogen and oxygen atoms in total. The van der Waals surface area contributed by atoms with Crippen LogP contribution in [0.25, 0.3) is 23.0 Å². The van der Waals surface area contributed by atoms with Crippen molar-refractivity contribution in [1.29, 1.82) is 0 Å². The van der Waals surface area contributed by atoms with Crippen LogP contribution in [0.5, 0.6) is 5.75 Å². The molecule has 1 atom stereocenters. The van der Waals surface area contributed by atoms with Crippen LogP contribution in [0.3, 0.4) is 0 Å². The first-order chi connectivity index (χ1) is 17.7. The number of halogens is 3. The highest BCUT2D eigenvalue weighted by molar-refractivity contribution is 5.59. The van der Waals surface area contributed by atoms with Crippen LogP contribution in [0, 0.1) is 12.8 Å². The number of hydrogen-bond donors (Lipinski definition) is 1. The third kappa shape index (κ3) is 6.26. The lowest BCUT2D eigenvalue weighted by Crippen LogP contribution is -2.19. The zero-order chi connectivity index (χ0) is 26.0. The monoisotopic (exact) mass is 513 g/mol. The summed E-state index contributed by atoms with van der Waals surface area (Å²) >= 11 is 0. The van der Waals surface area contributed by atoms with Crippen molar-refractivity contribution in [3.05, 3.63) is 59.9 Å². The molecule has 0 radical (unpaired) electrons. The van der Waals surface area contributed by atoms with E-state index in [4.69, 9.17) is 4.52 Å². The van der Waals surface area contributed by atoms with Gasteiger partial charge in [-0.05, 0) is 80.9 Å². The van der Waals surface area contributed by atoms with Crippen molar-refractivity contribution >= 4 is 5.82 Å².